The van der Waals surface area contributed by atoms with Crippen LogP contribution in [0.4, 0.5) is 11.5 Å². The number of piperidine rings is 1. The number of aromatic nitrogens is 1. The van der Waals surface area contributed by atoms with E-state index in [0.29, 0.717) is 12.6 Å². The number of carbonyl (C=O) groups excluding carboxylic acids is 1. The molecule has 1 fully saturated rings. The van der Waals surface area contributed by atoms with E-state index < -0.39 is 0 Å². The molecule has 6 heteroatoms. The number of carbonyl (C=O) groups is 1. The van der Waals surface area contributed by atoms with E-state index in [-0.39, 0.29) is 12.5 Å². The van der Waals surface area contributed by atoms with Crippen molar-refractivity contribution in [3.8, 4) is 0 Å². The minimum absolute atomic E-state index is 0.130. The van der Waals surface area contributed by atoms with Gasteiger partial charge in [-0.25, -0.2) is 4.98 Å². The van der Waals surface area contributed by atoms with Gasteiger partial charge in [-0.3, -0.25) is 4.79 Å². The first-order chi connectivity index (χ1) is 10.1. The summed E-state index contributed by atoms with van der Waals surface area (Å²) < 4.78 is 0. The third-order valence-electron chi connectivity index (χ3n) is 3.92. The maximum absolute atomic E-state index is 11.3. The Balaban J connectivity index is 1.85. The van der Waals surface area contributed by atoms with E-state index >= 15 is 0 Å². The van der Waals surface area contributed by atoms with Crippen molar-refractivity contribution in [2.45, 2.75) is 25.8 Å². The molecule has 1 saturated heterocycles. The molecule has 1 amide bonds. The summed E-state index contributed by atoms with van der Waals surface area (Å²) in [5.74, 6) is 1.01. The minimum Gasteiger partial charge on any atom is -0.395 e. The Kier molecular flexibility index (Phi) is 5.38. The van der Waals surface area contributed by atoms with Crippen molar-refractivity contribution in [2.75, 3.05) is 43.5 Å². The quantitative estimate of drug-likeness (QED) is 0.845. The van der Waals surface area contributed by atoms with Crippen LogP contribution in [0, 0.1) is 0 Å². The highest BCUT2D eigenvalue weighted by Crippen LogP contribution is 2.17. The van der Waals surface area contributed by atoms with Crippen molar-refractivity contribution in [1.82, 2.24) is 9.88 Å². The topological polar surface area (TPSA) is 68.7 Å². The van der Waals surface area contributed by atoms with Gasteiger partial charge in [0.05, 0.1) is 18.5 Å². The highest BCUT2D eigenvalue weighted by atomic mass is 16.3. The minimum atomic E-state index is 0.130. The summed E-state index contributed by atoms with van der Waals surface area (Å²) in [6.07, 6.45) is 3.71. The second-order valence-electron chi connectivity index (χ2n) is 5.47. The normalized spacial score (nSPS) is 15.9. The summed E-state index contributed by atoms with van der Waals surface area (Å²) in [6.45, 7) is 3.97. The molecule has 2 heterocycles. The van der Waals surface area contributed by atoms with Crippen LogP contribution in [0.2, 0.25) is 0 Å². The van der Waals surface area contributed by atoms with Crippen LogP contribution in [-0.4, -0.2) is 60.2 Å². The standard InChI is InChI=1S/C15H24N4O2/c1-12(21)19-7-5-13(6-8-19)17-15-4-3-14(11-16-15)18(2)9-10-20/h3-4,11,13,20H,5-10H2,1-2H3,(H,16,17). The summed E-state index contributed by atoms with van der Waals surface area (Å²) in [4.78, 5) is 19.6. The van der Waals surface area contributed by atoms with Crippen molar-refractivity contribution in [3.05, 3.63) is 18.3 Å². The molecule has 6 nitrogen and oxygen atoms in total. The van der Waals surface area contributed by atoms with Crippen LogP contribution < -0.4 is 10.2 Å². The Labute approximate surface area is 125 Å². The van der Waals surface area contributed by atoms with Gasteiger partial charge in [-0.2, -0.15) is 0 Å². The number of nitrogens with zero attached hydrogens (tertiary/aromatic N) is 3. The van der Waals surface area contributed by atoms with Gasteiger partial charge < -0.3 is 20.2 Å². The van der Waals surface area contributed by atoms with Crippen molar-refractivity contribution >= 4 is 17.4 Å². The number of likely N-dealkylation sites (N-methyl/N-ethyl adjacent to an activating group) is 1. The molecule has 2 rings (SSSR count). The molecule has 2 N–H and O–H groups in total. The molecular formula is C15H24N4O2. The number of hydrogen-bond acceptors (Lipinski definition) is 5. The molecule has 0 saturated carbocycles. The van der Waals surface area contributed by atoms with Crippen LogP contribution in [0.3, 0.4) is 0 Å². The molecule has 0 bridgehead atoms. The van der Waals surface area contributed by atoms with Gasteiger partial charge >= 0.3 is 0 Å². The maximum atomic E-state index is 11.3. The first-order valence-corrected chi connectivity index (χ1v) is 7.40. The van der Waals surface area contributed by atoms with E-state index in [1.807, 2.05) is 35.2 Å². The van der Waals surface area contributed by atoms with Gasteiger partial charge in [-0.15, -0.1) is 0 Å². The molecule has 21 heavy (non-hydrogen) atoms. The third kappa shape index (κ3) is 4.32. The van der Waals surface area contributed by atoms with Gasteiger partial charge in [-0.1, -0.05) is 0 Å². The van der Waals surface area contributed by atoms with Crippen LogP contribution in [0.15, 0.2) is 18.3 Å². The highest BCUT2D eigenvalue weighted by Gasteiger charge is 2.20. The fourth-order valence-electron chi connectivity index (χ4n) is 2.52. The summed E-state index contributed by atoms with van der Waals surface area (Å²) in [5, 5.41) is 12.3. The van der Waals surface area contributed by atoms with Gasteiger partial charge in [-0.05, 0) is 25.0 Å². The summed E-state index contributed by atoms with van der Waals surface area (Å²) in [6, 6.07) is 4.32. The summed E-state index contributed by atoms with van der Waals surface area (Å²) in [7, 11) is 1.93. The molecule has 0 aliphatic carbocycles. The summed E-state index contributed by atoms with van der Waals surface area (Å²) in [5.41, 5.74) is 0.987. The zero-order valence-corrected chi connectivity index (χ0v) is 12.7. The first kappa shape index (κ1) is 15.6. The number of pyridine rings is 1. The lowest BCUT2D eigenvalue weighted by molar-refractivity contribution is -0.129. The number of nitrogens with one attached hydrogen (secondary N) is 1. The van der Waals surface area contributed by atoms with Gasteiger partial charge in [0.2, 0.25) is 5.91 Å². The van der Waals surface area contributed by atoms with Gasteiger partial charge in [0.1, 0.15) is 5.82 Å². The van der Waals surface area contributed by atoms with E-state index in [1.165, 1.54) is 0 Å². The van der Waals surface area contributed by atoms with Crippen LogP contribution in [-0.2, 0) is 4.79 Å². The van der Waals surface area contributed by atoms with Gasteiger partial charge in [0.15, 0.2) is 0 Å². The highest BCUT2D eigenvalue weighted by molar-refractivity contribution is 5.73. The lowest BCUT2D eigenvalue weighted by Gasteiger charge is -2.32. The Hall–Kier alpha value is -1.82. The van der Waals surface area contributed by atoms with Crippen LogP contribution in [0.5, 0.6) is 0 Å². The van der Waals surface area contributed by atoms with E-state index in [2.05, 4.69) is 10.3 Å². The predicted octanol–water partition coefficient (Wildman–Crippen LogP) is 0.933. The fourth-order valence-corrected chi connectivity index (χ4v) is 2.52. The van der Waals surface area contributed by atoms with E-state index in [9.17, 15) is 4.79 Å². The summed E-state index contributed by atoms with van der Waals surface area (Å²) >= 11 is 0. The van der Waals surface area contributed by atoms with Crippen molar-refractivity contribution in [1.29, 1.82) is 0 Å². The van der Waals surface area contributed by atoms with E-state index in [4.69, 9.17) is 5.11 Å². The van der Waals surface area contributed by atoms with Crippen LogP contribution >= 0.6 is 0 Å². The van der Waals surface area contributed by atoms with Crippen LogP contribution in [0.25, 0.3) is 0 Å². The van der Waals surface area contributed by atoms with Crippen LogP contribution in [0.1, 0.15) is 19.8 Å². The number of aliphatic hydroxyl groups is 1. The molecule has 1 aromatic heterocycles. The second kappa shape index (κ2) is 7.26. The number of aliphatic hydroxyl groups excluding tert-OH is 1. The van der Waals surface area contributed by atoms with Crippen molar-refractivity contribution in [3.63, 3.8) is 0 Å². The Morgan fingerprint density at radius 1 is 1.48 bits per heavy atom. The third-order valence-corrected chi connectivity index (χ3v) is 3.92. The maximum Gasteiger partial charge on any atom is 0.219 e. The second-order valence-corrected chi connectivity index (χ2v) is 5.47. The number of likely N-dealkylation sites (tertiary alicyclic amines) is 1. The Bertz CT molecular complexity index is 455. The van der Waals surface area contributed by atoms with Gasteiger partial charge in [0.25, 0.3) is 0 Å². The predicted molar refractivity (Wildman–Crippen MR) is 83.5 cm³/mol. The molecule has 0 atom stereocenters. The fraction of sp³-hybridized carbons (Fsp3) is 0.600. The Morgan fingerprint density at radius 3 is 2.71 bits per heavy atom. The van der Waals surface area contributed by atoms with Crippen molar-refractivity contribution < 1.29 is 9.90 Å². The largest absolute Gasteiger partial charge is 0.395 e. The molecule has 0 radical (unpaired) electrons. The number of rotatable bonds is 5. The van der Waals surface area contributed by atoms with E-state index in [0.717, 1.165) is 37.4 Å². The molecule has 1 aromatic rings. The molecule has 0 unspecified atom stereocenters. The molecule has 1 aliphatic heterocycles. The number of anilines is 2. The monoisotopic (exact) mass is 292 g/mol. The average molecular weight is 292 g/mol. The number of hydrogen-bond donors (Lipinski definition) is 2. The molecular weight excluding hydrogens is 268 g/mol. The SMILES string of the molecule is CC(=O)N1CCC(Nc2ccc(N(C)CCO)cn2)CC1. The number of amides is 1. The molecule has 0 aromatic carbocycles. The first-order valence-electron chi connectivity index (χ1n) is 7.40. The molecule has 1 aliphatic rings. The average Bonchev–Trinajstić information content (AvgIpc) is 2.49. The smallest absolute Gasteiger partial charge is 0.219 e. The van der Waals surface area contributed by atoms with Crippen molar-refractivity contribution in [2.24, 2.45) is 0 Å². The molecule has 116 valence electrons. The van der Waals surface area contributed by atoms with Gasteiger partial charge in [0, 0.05) is 39.6 Å². The zero-order chi connectivity index (χ0) is 15.2. The van der Waals surface area contributed by atoms with E-state index in [1.54, 1.807) is 6.92 Å². The zero-order valence-electron chi connectivity index (χ0n) is 12.7. The Morgan fingerprint density at radius 2 is 2.19 bits per heavy atom. The lowest BCUT2D eigenvalue weighted by atomic mass is 10.1. The molecule has 0 spiro atoms. The lowest BCUT2D eigenvalue weighted by Crippen LogP contribution is -2.41.